The highest BCUT2D eigenvalue weighted by Crippen LogP contribution is 2.40. The van der Waals surface area contributed by atoms with E-state index in [9.17, 15) is 63.0 Å². The van der Waals surface area contributed by atoms with Gasteiger partial charge in [-0.1, -0.05) is 45.4 Å². The summed E-state index contributed by atoms with van der Waals surface area (Å²) in [5.74, 6) is -6.73. The van der Waals surface area contributed by atoms with Crippen LogP contribution in [0.15, 0.2) is 0 Å². The highest BCUT2D eigenvalue weighted by Gasteiger charge is 2.53. The summed E-state index contributed by atoms with van der Waals surface area (Å²) in [7, 11) is 0. The fraction of sp³-hybridized carbons (Fsp3) is 0.886. The lowest BCUT2D eigenvalue weighted by Crippen LogP contribution is -2.67. The molecule has 0 aromatic heterocycles. The number of aliphatic carboxylic acids is 1. The minimum absolute atomic E-state index is 0.0110. The van der Waals surface area contributed by atoms with Crippen LogP contribution in [0.5, 0.6) is 0 Å². The smallest absolute Gasteiger partial charge is 0.471 e. The van der Waals surface area contributed by atoms with Crippen LogP contribution in [0.1, 0.15) is 78.6 Å². The molecule has 15 atom stereocenters. The maximum Gasteiger partial charge on any atom is 0.471 e. The van der Waals surface area contributed by atoms with E-state index in [4.69, 9.17) is 23.7 Å². The van der Waals surface area contributed by atoms with Gasteiger partial charge in [0, 0.05) is 12.8 Å². The Balaban J connectivity index is 1.67. The summed E-state index contributed by atoms with van der Waals surface area (Å²) in [6, 6.07) is -1.43. The molecule has 316 valence electrons. The maximum atomic E-state index is 13.3. The molecule has 0 bridgehead atoms. The molecular formula is C35H55F3N2O15. The molecule has 2 saturated carbocycles. The molecule has 2 aliphatic carbocycles. The molecule has 2 saturated heterocycles. The van der Waals surface area contributed by atoms with E-state index >= 15 is 0 Å². The van der Waals surface area contributed by atoms with Crippen molar-refractivity contribution in [2.45, 2.75) is 164 Å². The Labute approximate surface area is 316 Å². The number of carbonyl (C=O) groups is 4. The molecule has 2 amide bonds. The zero-order valence-corrected chi connectivity index (χ0v) is 31.0. The molecule has 2 heterocycles. The number of carboxylic acids is 1. The number of aliphatic hydroxyl groups is 5. The lowest BCUT2D eigenvalue weighted by Gasteiger charge is -2.49. The third-order valence-electron chi connectivity index (χ3n) is 11.1. The Kier molecular flexibility index (Phi) is 16.2. The SMILES string of the molecule is CCC1CC(C(=O)CNC(=O)C(F)(F)F)C[C@@H](O[C@@H]2O[C@@H](CO)[C@H](O)C(O[C@@H](CC3CCCCC3)C(=O)O)C2NC(C)=O)[C@@H]1O[C@@H]1OC(C)[C@@H](O)[C@H](O)C1O. The number of ether oxygens (including phenoxy) is 5. The number of carboxylic acid groups (broad SMARTS) is 1. The third kappa shape index (κ3) is 11.5. The van der Waals surface area contributed by atoms with Crippen molar-refractivity contribution in [2.24, 2.45) is 17.8 Å². The minimum Gasteiger partial charge on any atom is -0.479 e. The van der Waals surface area contributed by atoms with Crippen molar-refractivity contribution in [3.05, 3.63) is 0 Å². The number of halogens is 3. The molecule has 4 rings (SSSR count). The van der Waals surface area contributed by atoms with Gasteiger partial charge in [0.2, 0.25) is 5.91 Å². The molecule has 8 N–H and O–H groups in total. The molecule has 6 unspecified atom stereocenters. The third-order valence-corrected chi connectivity index (χ3v) is 11.1. The van der Waals surface area contributed by atoms with E-state index in [1.54, 1.807) is 12.2 Å². The first-order chi connectivity index (χ1) is 25.9. The van der Waals surface area contributed by atoms with E-state index in [0.29, 0.717) is 0 Å². The molecule has 17 nitrogen and oxygen atoms in total. The fourth-order valence-electron chi connectivity index (χ4n) is 8.04. The van der Waals surface area contributed by atoms with Crippen LogP contribution in [0, 0.1) is 17.8 Å². The average Bonchev–Trinajstić information content (AvgIpc) is 3.13. The number of ketones is 1. The number of hydrogen-bond acceptors (Lipinski definition) is 14. The fourth-order valence-corrected chi connectivity index (χ4v) is 8.04. The van der Waals surface area contributed by atoms with Crippen molar-refractivity contribution in [2.75, 3.05) is 13.2 Å². The van der Waals surface area contributed by atoms with Crippen molar-refractivity contribution < 1.29 is 86.7 Å². The Morgan fingerprint density at radius 2 is 1.56 bits per heavy atom. The van der Waals surface area contributed by atoms with Gasteiger partial charge in [-0.3, -0.25) is 14.4 Å². The van der Waals surface area contributed by atoms with Crippen LogP contribution in [0.4, 0.5) is 13.2 Å². The summed E-state index contributed by atoms with van der Waals surface area (Å²) >= 11 is 0. The Morgan fingerprint density at radius 3 is 2.15 bits per heavy atom. The van der Waals surface area contributed by atoms with E-state index in [-0.39, 0.29) is 31.6 Å². The molecule has 55 heavy (non-hydrogen) atoms. The summed E-state index contributed by atoms with van der Waals surface area (Å²) in [4.78, 5) is 49.9. The van der Waals surface area contributed by atoms with Crippen molar-refractivity contribution >= 4 is 23.6 Å². The predicted octanol–water partition coefficient (Wildman–Crippen LogP) is -0.340. The van der Waals surface area contributed by atoms with Gasteiger partial charge < -0.3 is 65.0 Å². The van der Waals surface area contributed by atoms with E-state index in [1.807, 2.05) is 0 Å². The van der Waals surface area contributed by atoms with Gasteiger partial charge in [0.25, 0.3) is 0 Å². The quantitative estimate of drug-likeness (QED) is 0.105. The maximum absolute atomic E-state index is 13.3. The average molecular weight is 801 g/mol. The number of aliphatic hydroxyl groups excluding tert-OH is 5. The monoisotopic (exact) mass is 800 g/mol. The van der Waals surface area contributed by atoms with Crippen LogP contribution in [-0.4, -0.2) is 153 Å². The van der Waals surface area contributed by atoms with Gasteiger partial charge in [0.1, 0.15) is 42.7 Å². The number of hydrogen-bond donors (Lipinski definition) is 8. The number of alkyl halides is 3. The Morgan fingerprint density at radius 1 is 0.891 bits per heavy atom. The predicted molar refractivity (Wildman–Crippen MR) is 180 cm³/mol. The van der Waals surface area contributed by atoms with Crippen molar-refractivity contribution in [1.29, 1.82) is 0 Å². The number of amides is 2. The highest BCUT2D eigenvalue weighted by molar-refractivity contribution is 5.89. The van der Waals surface area contributed by atoms with E-state index < -0.39 is 134 Å². The van der Waals surface area contributed by atoms with Crippen LogP contribution in [0.2, 0.25) is 0 Å². The highest BCUT2D eigenvalue weighted by atomic mass is 19.4. The summed E-state index contributed by atoms with van der Waals surface area (Å²) in [6.07, 6.45) is -18.3. The van der Waals surface area contributed by atoms with Crippen LogP contribution in [0.25, 0.3) is 0 Å². The topological polar surface area (TPSA) is 260 Å². The molecule has 0 aromatic rings. The molecule has 0 aromatic carbocycles. The first-order valence-electron chi connectivity index (χ1n) is 18.8. The molecular weight excluding hydrogens is 745 g/mol. The minimum atomic E-state index is -5.24. The molecule has 20 heteroatoms. The van der Waals surface area contributed by atoms with Gasteiger partial charge in [-0.2, -0.15) is 13.2 Å². The van der Waals surface area contributed by atoms with Gasteiger partial charge in [-0.25, -0.2) is 4.79 Å². The second-order valence-electron chi connectivity index (χ2n) is 15.0. The van der Waals surface area contributed by atoms with Crippen LogP contribution >= 0.6 is 0 Å². The van der Waals surface area contributed by atoms with Crippen LogP contribution < -0.4 is 10.6 Å². The molecule has 0 spiro atoms. The normalized spacial score (nSPS) is 38.2. The second-order valence-corrected chi connectivity index (χ2v) is 15.0. The number of nitrogens with one attached hydrogen (secondary N) is 2. The van der Waals surface area contributed by atoms with Crippen molar-refractivity contribution in [3.63, 3.8) is 0 Å². The van der Waals surface area contributed by atoms with Gasteiger partial charge in [0.05, 0.1) is 31.5 Å². The largest absolute Gasteiger partial charge is 0.479 e. The van der Waals surface area contributed by atoms with Crippen molar-refractivity contribution in [3.8, 4) is 0 Å². The zero-order valence-electron chi connectivity index (χ0n) is 31.0. The van der Waals surface area contributed by atoms with E-state index in [2.05, 4.69) is 5.32 Å². The molecule has 0 radical (unpaired) electrons. The summed E-state index contributed by atoms with van der Waals surface area (Å²) in [6.45, 7) is 2.51. The zero-order chi connectivity index (χ0) is 40.8. The summed E-state index contributed by atoms with van der Waals surface area (Å²) in [5.41, 5.74) is 0. The standard InChI is InChI=1S/C35H55F3N2O15/c1-4-18-11-19(20(43)13-39-34(50)35(36,37)38)12-21(29(18)55-33-28(47)27(46)25(44)15(2)51-33)53-32-24(40-16(3)42)30(26(45)23(14-41)54-32)52-22(31(48)49)10-17-8-6-5-7-9-17/h15,17-19,21-30,32-33,41,44-47H,4-14H2,1-3H3,(H,39,50)(H,40,42)(H,48,49)/t15?,18?,19?,21-,22+,23+,24?,25-,26+,27+,28?,29-,30?,32-,33+/m1/s1. The van der Waals surface area contributed by atoms with Gasteiger partial charge in [-0.15, -0.1) is 0 Å². The summed E-state index contributed by atoms with van der Waals surface area (Å²) < 4.78 is 69.0. The first-order valence-corrected chi connectivity index (χ1v) is 18.8. The first kappa shape index (κ1) is 45.2. The van der Waals surface area contributed by atoms with Gasteiger partial charge >= 0.3 is 18.1 Å². The molecule has 4 fully saturated rings. The van der Waals surface area contributed by atoms with E-state index in [0.717, 1.165) is 39.0 Å². The van der Waals surface area contributed by atoms with E-state index in [1.165, 1.54) is 6.92 Å². The lowest BCUT2D eigenvalue weighted by atomic mass is 9.74. The van der Waals surface area contributed by atoms with Crippen LogP contribution in [-0.2, 0) is 42.9 Å². The molecule has 2 aliphatic heterocycles. The second kappa shape index (κ2) is 19.8. The Bertz CT molecular complexity index is 1310. The summed E-state index contributed by atoms with van der Waals surface area (Å²) in [5, 5.41) is 67.3. The number of rotatable bonds is 15. The molecule has 4 aliphatic rings. The Hall–Kier alpha value is -2.53. The van der Waals surface area contributed by atoms with Crippen LogP contribution in [0.3, 0.4) is 0 Å². The number of carbonyl (C=O) groups excluding carboxylic acids is 3. The van der Waals surface area contributed by atoms with Crippen molar-refractivity contribution in [1.82, 2.24) is 10.6 Å². The van der Waals surface area contributed by atoms with Gasteiger partial charge in [-0.05, 0) is 38.0 Å². The number of Topliss-reactive ketones (excluding diaryl/α,β-unsaturated/α-hetero) is 1. The lowest BCUT2D eigenvalue weighted by molar-refractivity contribution is -0.338. The van der Waals surface area contributed by atoms with Gasteiger partial charge in [0.15, 0.2) is 24.5 Å².